The van der Waals surface area contributed by atoms with Gasteiger partial charge in [0.15, 0.2) is 0 Å². The van der Waals surface area contributed by atoms with Gasteiger partial charge in [0.1, 0.15) is 5.75 Å². The fourth-order valence-electron chi connectivity index (χ4n) is 4.16. The first-order valence-corrected chi connectivity index (χ1v) is 11.2. The average Bonchev–Trinajstić information content (AvgIpc) is 2.83. The molecule has 176 valence electrons. The molecule has 2 atom stereocenters. The molecule has 6 heteroatoms. The van der Waals surface area contributed by atoms with E-state index in [1.165, 1.54) is 0 Å². The number of aromatic carboxylic acids is 1. The van der Waals surface area contributed by atoms with Crippen molar-refractivity contribution in [2.75, 3.05) is 7.11 Å². The van der Waals surface area contributed by atoms with Crippen molar-refractivity contribution < 1.29 is 14.6 Å². The van der Waals surface area contributed by atoms with E-state index in [1.807, 2.05) is 36.4 Å². The van der Waals surface area contributed by atoms with Crippen LogP contribution in [0, 0.1) is 0 Å². The number of hydrogen-bond donors (Lipinski definition) is 2. The minimum Gasteiger partial charge on any atom is -0.497 e. The third kappa shape index (κ3) is 5.36. The molecule has 0 radical (unpaired) electrons. The highest BCUT2D eigenvalue weighted by Gasteiger charge is 2.16. The summed E-state index contributed by atoms with van der Waals surface area (Å²) in [5.41, 5.74) is 4.29. The zero-order valence-electron chi connectivity index (χ0n) is 19.2. The molecule has 4 aromatic carbocycles. The molecule has 0 aromatic heterocycles. The van der Waals surface area contributed by atoms with Gasteiger partial charge in [-0.05, 0) is 83.3 Å². The van der Waals surface area contributed by atoms with Gasteiger partial charge in [-0.15, -0.1) is 12.4 Å². The van der Waals surface area contributed by atoms with Gasteiger partial charge in [0.25, 0.3) is 0 Å². The van der Waals surface area contributed by atoms with E-state index in [0.717, 1.165) is 38.8 Å². The first-order valence-electron chi connectivity index (χ1n) is 10.8. The van der Waals surface area contributed by atoms with Crippen LogP contribution >= 0.6 is 24.0 Å². The summed E-state index contributed by atoms with van der Waals surface area (Å²) in [4.78, 5) is 11.4. The smallest absolute Gasteiger partial charge is 0.337 e. The third-order valence-corrected chi connectivity index (χ3v) is 6.30. The monoisotopic (exact) mass is 495 g/mol. The van der Waals surface area contributed by atoms with Crippen molar-refractivity contribution >= 4 is 40.7 Å². The van der Waals surface area contributed by atoms with Gasteiger partial charge in [0, 0.05) is 12.1 Å². The fraction of sp³-hybridized carbons (Fsp3) is 0.179. The van der Waals surface area contributed by atoms with Gasteiger partial charge in [-0.1, -0.05) is 54.1 Å². The van der Waals surface area contributed by atoms with Crippen LogP contribution in [-0.4, -0.2) is 18.2 Å². The van der Waals surface area contributed by atoms with Crippen LogP contribution in [0.5, 0.6) is 5.75 Å². The standard InChI is InChI=1S/C28H26ClNO3.ClH/c1-17(19-8-6-9-23(14-19)33-3)30-18(2)22-13-20-7-4-5-10-24(20)26(15-22)21-11-12-25(28(31)32)27(29)16-21;/h4-18,30H,1-3H3,(H,31,32);1H/t17-,18?;/m1./s1. The highest BCUT2D eigenvalue weighted by Crippen LogP contribution is 2.35. The van der Waals surface area contributed by atoms with E-state index in [1.54, 1.807) is 19.2 Å². The second-order valence-electron chi connectivity index (χ2n) is 8.18. The topological polar surface area (TPSA) is 58.6 Å². The lowest BCUT2D eigenvalue weighted by atomic mass is 9.92. The Morgan fingerprint density at radius 2 is 1.65 bits per heavy atom. The number of methoxy groups -OCH3 is 1. The number of ether oxygens (including phenoxy) is 1. The Labute approximate surface area is 210 Å². The normalized spacial score (nSPS) is 12.6. The van der Waals surface area contributed by atoms with Gasteiger partial charge in [-0.25, -0.2) is 4.79 Å². The summed E-state index contributed by atoms with van der Waals surface area (Å²) in [6.07, 6.45) is 0. The predicted octanol–water partition coefficient (Wildman–Crippen LogP) is 7.70. The molecule has 0 heterocycles. The zero-order valence-corrected chi connectivity index (χ0v) is 20.8. The Balaban J connectivity index is 0.00000324. The Kier molecular flexibility index (Phi) is 8.21. The van der Waals surface area contributed by atoms with Crippen LogP contribution in [-0.2, 0) is 0 Å². The van der Waals surface area contributed by atoms with Crippen molar-refractivity contribution in [3.05, 3.63) is 101 Å². The summed E-state index contributed by atoms with van der Waals surface area (Å²) < 4.78 is 5.37. The Morgan fingerprint density at radius 3 is 2.35 bits per heavy atom. The average molecular weight is 496 g/mol. The molecule has 0 saturated heterocycles. The van der Waals surface area contributed by atoms with Gasteiger partial charge < -0.3 is 15.2 Å². The number of fused-ring (bicyclic) bond motifs is 1. The maximum atomic E-state index is 11.4. The van der Waals surface area contributed by atoms with Crippen LogP contribution in [0.4, 0.5) is 0 Å². The van der Waals surface area contributed by atoms with E-state index in [9.17, 15) is 9.90 Å². The van der Waals surface area contributed by atoms with E-state index in [4.69, 9.17) is 16.3 Å². The molecule has 1 unspecified atom stereocenters. The molecular weight excluding hydrogens is 469 g/mol. The van der Waals surface area contributed by atoms with E-state index >= 15 is 0 Å². The van der Waals surface area contributed by atoms with E-state index in [2.05, 4.69) is 49.5 Å². The molecule has 0 fully saturated rings. The second kappa shape index (κ2) is 10.9. The van der Waals surface area contributed by atoms with Gasteiger partial charge in [-0.3, -0.25) is 0 Å². The largest absolute Gasteiger partial charge is 0.497 e. The number of rotatable bonds is 7. The van der Waals surface area contributed by atoms with E-state index in [-0.39, 0.29) is 35.1 Å². The number of nitrogens with one attached hydrogen (secondary N) is 1. The Bertz CT molecular complexity index is 1320. The van der Waals surface area contributed by atoms with Crippen LogP contribution in [0.2, 0.25) is 5.02 Å². The van der Waals surface area contributed by atoms with Gasteiger partial charge in [0.2, 0.25) is 0 Å². The Hall–Kier alpha value is -3.05. The molecular formula is C28H27Cl2NO3. The molecule has 2 N–H and O–H groups in total. The van der Waals surface area contributed by atoms with Gasteiger partial charge in [0.05, 0.1) is 17.7 Å². The summed E-state index contributed by atoms with van der Waals surface area (Å²) in [5, 5.41) is 15.4. The van der Waals surface area contributed by atoms with E-state index < -0.39 is 5.97 Å². The second-order valence-corrected chi connectivity index (χ2v) is 8.58. The molecule has 0 spiro atoms. The summed E-state index contributed by atoms with van der Waals surface area (Å²) in [7, 11) is 1.67. The molecule has 0 aliphatic rings. The van der Waals surface area contributed by atoms with Crippen LogP contribution in [0.1, 0.15) is 47.4 Å². The zero-order chi connectivity index (χ0) is 23.5. The van der Waals surface area contributed by atoms with Crippen LogP contribution in [0.15, 0.2) is 78.9 Å². The number of halogens is 2. The summed E-state index contributed by atoms with van der Waals surface area (Å²) in [6.45, 7) is 4.28. The Morgan fingerprint density at radius 1 is 0.912 bits per heavy atom. The maximum absolute atomic E-state index is 11.4. The quantitative estimate of drug-likeness (QED) is 0.275. The highest BCUT2D eigenvalue weighted by molar-refractivity contribution is 6.33. The van der Waals surface area contributed by atoms with Gasteiger partial charge >= 0.3 is 5.97 Å². The SMILES string of the molecule is COc1cccc([C@@H](C)NC(C)c2cc(-c3ccc(C(=O)O)c(Cl)c3)c3ccccc3c2)c1.Cl. The van der Waals surface area contributed by atoms with Crippen molar-refractivity contribution in [2.45, 2.75) is 25.9 Å². The fourth-order valence-corrected chi connectivity index (χ4v) is 4.42. The molecule has 34 heavy (non-hydrogen) atoms. The number of benzene rings is 4. The molecule has 4 rings (SSSR count). The molecule has 4 nitrogen and oxygen atoms in total. The minimum atomic E-state index is -1.03. The molecule has 0 aliphatic heterocycles. The molecule has 4 aromatic rings. The molecule has 0 saturated carbocycles. The lowest BCUT2D eigenvalue weighted by Gasteiger charge is -2.22. The highest BCUT2D eigenvalue weighted by atomic mass is 35.5. The van der Waals surface area contributed by atoms with Crippen molar-refractivity contribution in [2.24, 2.45) is 0 Å². The maximum Gasteiger partial charge on any atom is 0.337 e. The number of carboxylic acid groups (broad SMARTS) is 1. The third-order valence-electron chi connectivity index (χ3n) is 5.99. The number of hydrogen-bond acceptors (Lipinski definition) is 3. The van der Waals surface area contributed by atoms with Gasteiger partial charge in [-0.2, -0.15) is 0 Å². The first kappa shape index (κ1) is 25.6. The van der Waals surface area contributed by atoms with Crippen molar-refractivity contribution in [3.63, 3.8) is 0 Å². The molecule has 0 aliphatic carbocycles. The number of carboxylic acids is 1. The van der Waals surface area contributed by atoms with Crippen molar-refractivity contribution in [1.82, 2.24) is 5.32 Å². The predicted molar refractivity (Wildman–Crippen MR) is 142 cm³/mol. The van der Waals surface area contributed by atoms with Crippen LogP contribution in [0.25, 0.3) is 21.9 Å². The molecule has 0 bridgehead atoms. The summed E-state index contributed by atoms with van der Waals surface area (Å²) in [5.74, 6) is -0.196. The van der Waals surface area contributed by atoms with Crippen molar-refractivity contribution in [3.8, 4) is 16.9 Å². The van der Waals surface area contributed by atoms with E-state index in [0.29, 0.717) is 0 Å². The minimum absolute atomic E-state index is 0. The van der Waals surface area contributed by atoms with Crippen molar-refractivity contribution in [1.29, 1.82) is 0 Å². The summed E-state index contributed by atoms with van der Waals surface area (Å²) in [6, 6.07) is 25.9. The van der Waals surface area contributed by atoms with Crippen LogP contribution < -0.4 is 10.1 Å². The molecule has 0 amide bonds. The first-order chi connectivity index (χ1) is 15.9. The lowest BCUT2D eigenvalue weighted by molar-refractivity contribution is 0.0697. The number of carbonyl (C=O) groups is 1. The van der Waals surface area contributed by atoms with Crippen LogP contribution in [0.3, 0.4) is 0 Å². The summed E-state index contributed by atoms with van der Waals surface area (Å²) >= 11 is 6.29. The lowest BCUT2D eigenvalue weighted by Crippen LogP contribution is -2.22.